The summed E-state index contributed by atoms with van der Waals surface area (Å²) in [5, 5.41) is 5.82. The summed E-state index contributed by atoms with van der Waals surface area (Å²) in [5.41, 5.74) is 7.49. The fourth-order valence-corrected chi connectivity index (χ4v) is 2.73. The zero-order valence-corrected chi connectivity index (χ0v) is 13.9. The molecule has 0 bridgehead atoms. The lowest BCUT2D eigenvalue weighted by molar-refractivity contribution is -0.113. The van der Waals surface area contributed by atoms with Crippen LogP contribution in [0.2, 0.25) is 0 Å². The summed E-state index contributed by atoms with van der Waals surface area (Å²) < 4.78 is 18.4. The number of hydrogen-bond donors (Lipinski definition) is 4. The van der Waals surface area contributed by atoms with Gasteiger partial charge in [0, 0.05) is 11.9 Å². The molecular formula is C17H16N5O2S-. The zero-order valence-electron chi connectivity index (χ0n) is 13.1. The number of amides is 1. The predicted octanol–water partition coefficient (Wildman–Crippen LogP) is 2.25. The number of anilines is 1. The van der Waals surface area contributed by atoms with Gasteiger partial charge in [-0.05, 0) is 17.7 Å². The summed E-state index contributed by atoms with van der Waals surface area (Å²) in [7, 11) is -1.78. The van der Waals surface area contributed by atoms with Gasteiger partial charge in [-0.1, -0.05) is 42.5 Å². The summed E-state index contributed by atoms with van der Waals surface area (Å²) >= 11 is 0. The minimum Gasteiger partial charge on any atom is -0.440 e. The molecule has 1 heterocycles. The first kappa shape index (κ1) is 16.7. The van der Waals surface area contributed by atoms with Crippen LogP contribution in [0.15, 0.2) is 76.0 Å². The van der Waals surface area contributed by atoms with Crippen molar-refractivity contribution in [3.8, 4) is 0 Å². The molecule has 2 aromatic carbocycles. The molecule has 0 radical (unpaired) electrons. The highest BCUT2D eigenvalue weighted by Crippen LogP contribution is 2.19. The molecule has 25 heavy (non-hydrogen) atoms. The molecule has 0 spiro atoms. The van der Waals surface area contributed by atoms with Crippen molar-refractivity contribution < 1.29 is 9.00 Å². The third kappa shape index (κ3) is 3.86. The van der Waals surface area contributed by atoms with Crippen LogP contribution in [0.1, 0.15) is 11.6 Å². The standard InChI is InChI=1S/C17H16N5O2S/c18-16-15(17(23)21-12-4-2-1-3-5-12)22-14(10-20-16)11-6-8-13(9-7-11)25(19)24/h1-10,14,19,22H,18H2,(H,21,23)/q-1. The molecule has 128 valence electrons. The minimum atomic E-state index is -1.78. The van der Waals surface area contributed by atoms with Crippen molar-refractivity contribution >= 4 is 28.4 Å². The number of nitrogens with one attached hydrogen (secondary N) is 3. The van der Waals surface area contributed by atoms with Crippen molar-refractivity contribution in [2.45, 2.75) is 10.9 Å². The number of carbonyl (C=O) groups excluding carboxylic acids is 1. The number of para-hydroxylation sites is 1. The van der Waals surface area contributed by atoms with Gasteiger partial charge >= 0.3 is 0 Å². The van der Waals surface area contributed by atoms with E-state index in [9.17, 15) is 9.00 Å². The molecule has 0 saturated heterocycles. The Balaban J connectivity index is 1.77. The Morgan fingerprint density at radius 1 is 1.16 bits per heavy atom. The zero-order chi connectivity index (χ0) is 17.8. The normalized spacial score (nSPS) is 16.6. The highest BCUT2D eigenvalue weighted by Gasteiger charge is 2.22. The Labute approximate surface area is 146 Å². The number of nitrogens with two attached hydrogens (primary N) is 1. The van der Waals surface area contributed by atoms with Crippen molar-refractivity contribution in [2.24, 2.45) is 10.7 Å². The van der Waals surface area contributed by atoms with E-state index in [0.717, 1.165) is 5.56 Å². The smallest absolute Gasteiger partial charge is 0.275 e. The van der Waals surface area contributed by atoms with E-state index < -0.39 is 10.6 Å². The van der Waals surface area contributed by atoms with Gasteiger partial charge in [-0.25, -0.2) is 4.99 Å². The molecule has 3 rings (SSSR count). The Morgan fingerprint density at radius 2 is 1.84 bits per heavy atom. The van der Waals surface area contributed by atoms with Crippen LogP contribution in [0.25, 0.3) is 0 Å². The van der Waals surface area contributed by atoms with E-state index in [1.165, 1.54) is 0 Å². The minimum absolute atomic E-state index is 0.105. The first-order chi connectivity index (χ1) is 12.0. The molecule has 1 aliphatic heterocycles. The van der Waals surface area contributed by atoms with Crippen molar-refractivity contribution in [1.29, 1.82) is 4.78 Å². The highest BCUT2D eigenvalue weighted by molar-refractivity contribution is 7.73. The lowest BCUT2D eigenvalue weighted by atomic mass is 10.1. The maximum atomic E-state index is 12.4. The van der Waals surface area contributed by atoms with Gasteiger partial charge in [0.25, 0.3) is 5.91 Å². The van der Waals surface area contributed by atoms with Crippen molar-refractivity contribution in [2.75, 3.05) is 5.32 Å². The van der Waals surface area contributed by atoms with Crippen LogP contribution in [0.4, 0.5) is 5.69 Å². The van der Waals surface area contributed by atoms with Crippen LogP contribution in [-0.2, 0) is 19.6 Å². The molecule has 0 aliphatic carbocycles. The van der Waals surface area contributed by atoms with Gasteiger partial charge in [-0.3, -0.25) is 4.79 Å². The summed E-state index contributed by atoms with van der Waals surface area (Å²) in [6.45, 7) is 0. The van der Waals surface area contributed by atoms with Crippen LogP contribution in [0, 0.1) is 4.78 Å². The largest absolute Gasteiger partial charge is 0.440 e. The second-order valence-electron chi connectivity index (χ2n) is 5.32. The molecule has 2 aromatic rings. The van der Waals surface area contributed by atoms with Gasteiger partial charge in [0.15, 0.2) is 5.82 Å². The Bertz CT molecular complexity index is 910. The van der Waals surface area contributed by atoms with Crippen molar-refractivity contribution in [3.63, 3.8) is 0 Å². The molecule has 0 fully saturated rings. The average Bonchev–Trinajstić information content (AvgIpc) is 2.63. The molecular weight excluding hydrogens is 338 g/mol. The molecule has 8 heteroatoms. The van der Waals surface area contributed by atoms with Gasteiger partial charge in [0.1, 0.15) is 5.70 Å². The van der Waals surface area contributed by atoms with Crippen LogP contribution in [0.5, 0.6) is 0 Å². The number of nitrogens with zero attached hydrogens (tertiary/aromatic N) is 1. The van der Waals surface area contributed by atoms with Crippen molar-refractivity contribution in [3.05, 3.63) is 71.7 Å². The second kappa shape index (κ2) is 7.18. The number of benzene rings is 2. The first-order valence-electron chi connectivity index (χ1n) is 7.44. The lowest BCUT2D eigenvalue weighted by Gasteiger charge is -2.23. The predicted molar refractivity (Wildman–Crippen MR) is 96.1 cm³/mol. The highest BCUT2D eigenvalue weighted by atomic mass is 32.2. The summed E-state index contributed by atoms with van der Waals surface area (Å²) in [6.07, 6.45) is 1.60. The van der Waals surface area contributed by atoms with Gasteiger partial charge in [0.05, 0.1) is 6.04 Å². The lowest BCUT2D eigenvalue weighted by Crippen LogP contribution is -2.35. The quantitative estimate of drug-likeness (QED) is 0.629. The molecule has 1 atom stereocenters. The van der Waals surface area contributed by atoms with Gasteiger partial charge in [-0.15, -0.1) is 4.90 Å². The summed E-state index contributed by atoms with van der Waals surface area (Å²) in [4.78, 5) is 17.0. The monoisotopic (exact) mass is 354 g/mol. The first-order valence-corrected chi connectivity index (χ1v) is 8.59. The van der Waals surface area contributed by atoms with E-state index in [2.05, 4.69) is 15.6 Å². The molecule has 0 aromatic heterocycles. The number of hydrogen-bond acceptors (Lipinski definition) is 7. The van der Waals surface area contributed by atoms with E-state index in [1.54, 1.807) is 42.6 Å². The van der Waals surface area contributed by atoms with E-state index in [0.29, 0.717) is 10.6 Å². The summed E-state index contributed by atoms with van der Waals surface area (Å²) in [6, 6.07) is 15.4. The van der Waals surface area contributed by atoms with Gasteiger partial charge in [0.2, 0.25) is 0 Å². The molecule has 5 N–H and O–H groups in total. The number of rotatable bonds is 4. The number of carbonyl (C=O) groups is 1. The second-order valence-corrected chi connectivity index (χ2v) is 6.33. The van der Waals surface area contributed by atoms with Gasteiger partial charge < -0.3 is 25.4 Å². The van der Waals surface area contributed by atoms with E-state index >= 15 is 0 Å². The van der Waals surface area contributed by atoms with Gasteiger partial charge in [-0.2, -0.15) is 10.6 Å². The Hall–Kier alpha value is -3.13. The maximum Gasteiger partial charge on any atom is 0.275 e. The SMILES string of the molecule is N=[S-](=O)c1ccc(C2C=NC(N)=C(C(=O)Nc3ccccc3)N2)cc1. The van der Waals surface area contributed by atoms with E-state index in [4.69, 9.17) is 10.5 Å². The molecule has 1 aliphatic rings. The topological polar surface area (TPSA) is 120 Å². The fourth-order valence-electron chi connectivity index (χ4n) is 2.35. The summed E-state index contributed by atoms with van der Waals surface area (Å²) in [5.74, 6) is -0.275. The molecule has 1 unspecified atom stereocenters. The average molecular weight is 354 g/mol. The van der Waals surface area contributed by atoms with Crippen LogP contribution in [0.3, 0.4) is 0 Å². The van der Waals surface area contributed by atoms with Crippen LogP contribution < -0.4 is 16.4 Å². The Morgan fingerprint density at radius 3 is 2.48 bits per heavy atom. The third-order valence-corrected chi connectivity index (χ3v) is 4.33. The van der Waals surface area contributed by atoms with E-state index in [1.807, 2.05) is 18.2 Å². The third-order valence-electron chi connectivity index (χ3n) is 3.63. The van der Waals surface area contributed by atoms with Crippen molar-refractivity contribution in [1.82, 2.24) is 5.32 Å². The number of aliphatic imine (C=N–C) groups is 1. The van der Waals surface area contributed by atoms with E-state index in [-0.39, 0.29) is 23.5 Å². The molecule has 1 amide bonds. The molecule has 0 saturated carbocycles. The van der Waals surface area contributed by atoms with Crippen LogP contribution >= 0.6 is 0 Å². The maximum absolute atomic E-state index is 12.4. The van der Waals surface area contributed by atoms with Crippen LogP contribution in [-0.4, -0.2) is 12.1 Å². The fraction of sp³-hybridized carbons (Fsp3) is 0.0588. The molecule has 7 nitrogen and oxygen atoms in total. The Kier molecular flexibility index (Phi) is 4.80.